The van der Waals surface area contributed by atoms with E-state index in [-0.39, 0.29) is 5.95 Å². The molecule has 0 aliphatic carbocycles. The van der Waals surface area contributed by atoms with Crippen LogP contribution in [0.3, 0.4) is 0 Å². The highest BCUT2D eigenvalue weighted by Gasteiger charge is 2.39. The van der Waals surface area contributed by atoms with Crippen LogP contribution in [-0.2, 0) is 6.54 Å². The molecule has 1 atom stereocenters. The third-order valence-electron chi connectivity index (χ3n) is 5.55. The molecule has 0 unspecified atom stereocenters. The predicted molar refractivity (Wildman–Crippen MR) is 116 cm³/mol. The lowest BCUT2D eigenvalue weighted by Crippen LogP contribution is -2.33. The Labute approximate surface area is 199 Å². The number of hydrogen-bond acceptors (Lipinski definition) is 5. The van der Waals surface area contributed by atoms with Gasteiger partial charge in [0.15, 0.2) is 6.10 Å². The summed E-state index contributed by atoms with van der Waals surface area (Å²) in [6, 6.07) is 3.94. The van der Waals surface area contributed by atoms with Crippen LogP contribution in [0.25, 0.3) is 5.69 Å². The average molecular weight is 515 g/mol. The lowest BCUT2D eigenvalue weighted by atomic mass is 10.1. The SMILES string of the molecule is C[C@H](Oc1cc(-n2nc3n(c2=O)CCCN3C)c(F)cc1C(=O)Nc1c(F)cccc1F)C(F)(F)F. The van der Waals surface area contributed by atoms with E-state index in [2.05, 4.69) is 5.10 Å². The number of nitrogens with one attached hydrogen (secondary N) is 1. The largest absolute Gasteiger partial charge is 0.480 e. The highest BCUT2D eigenvalue weighted by molar-refractivity contribution is 6.06. The fraction of sp³-hybridized carbons (Fsp3) is 0.318. The first-order valence-electron chi connectivity index (χ1n) is 10.6. The fourth-order valence-electron chi connectivity index (χ4n) is 3.62. The average Bonchev–Trinajstić information content (AvgIpc) is 3.14. The summed E-state index contributed by atoms with van der Waals surface area (Å²) in [7, 11) is 1.66. The lowest BCUT2D eigenvalue weighted by Gasteiger charge is -2.22. The Balaban J connectivity index is 1.82. The zero-order valence-corrected chi connectivity index (χ0v) is 18.9. The summed E-state index contributed by atoms with van der Waals surface area (Å²) in [5, 5.41) is 5.95. The highest BCUT2D eigenvalue weighted by Crippen LogP contribution is 2.32. The molecule has 0 radical (unpaired) electrons. The van der Waals surface area contributed by atoms with Crippen molar-refractivity contribution in [3.63, 3.8) is 0 Å². The summed E-state index contributed by atoms with van der Waals surface area (Å²) in [5.41, 5.74) is -3.00. The van der Waals surface area contributed by atoms with E-state index in [1.54, 1.807) is 11.9 Å². The van der Waals surface area contributed by atoms with E-state index >= 15 is 4.39 Å². The fourth-order valence-corrected chi connectivity index (χ4v) is 3.62. The third kappa shape index (κ3) is 4.62. The number of amides is 1. The number of para-hydroxylation sites is 1. The van der Waals surface area contributed by atoms with Crippen molar-refractivity contribution >= 4 is 17.5 Å². The van der Waals surface area contributed by atoms with Crippen molar-refractivity contribution < 1.29 is 35.9 Å². The van der Waals surface area contributed by atoms with Crippen LogP contribution in [0.5, 0.6) is 5.75 Å². The van der Waals surface area contributed by atoms with E-state index in [4.69, 9.17) is 4.74 Å². The number of fused-ring (bicyclic) bond motifs is 1. The first-order valence-corrected chi connectivity index (χ1v) is 10.6. The molecule has 3 aromatic rings. The van der Waals surface area contributed by atoms with Crippen LogP contribution in [0.2, 0.25) is 0 Å². The number of nitrogens with zero attached hydrogens (tertiary/aromatic N) is 4. The van der Waals surface area contributed by atoms with Gasteiger partial charge < -0.3 is 15.0 Å². The van der Waals surface area contributed by atoms with E-state index in [9.17, 15) is 31.5 Å². The van der Waals surface area contributed by atoms with Gasteiger partial charge in [0.05, 0.1) is 5.56 Å². The monoisotopic (exact) mass is 515 g/mol. The zero-order chi connectivity index (χ0) is 26.4. The van der Waals surface area contributed by atoms with Crippen molar-refractivity contribution in [1.82, 2.24) is 14.3 Å². The van der Waals surface area contributed by atoms with Gasteiger partial charge in [0.1, 0.15) is 34.6 Å². The Morgan fingerprint density at radius 1 is 1.11 bits per heavy atom. The van der Waals surface area contributed by atoms with Crippen molar-refractivity contribution in [2.75, 3.05) is 23.8 Å². The Bertz CT molecular complexity index is 1360. The minimum absolute atomic E-state index is 0.216. The van der Waals surface area contributed by atoms with Crippen molar-refractivity contribution in [3.8, 4) is 11.4 Å². The Hall–Kier alpha value is -3.97. The molecule has 14 heteroatoms. The summed E-state index contributed by atoms with van der Waals surface area (Å²) in [6.07, 6.45) is -6.71. The van der Waals surface area contributed by atoms with Crippen LogP contribution in [0.15, 0.2) is 35.1 Å². The first kappa shape index (κ1) is 25.1. The van der Waals surface area contributed by atoms with Gasteiger partial charge in [-0.1, -0.05) is 6.07 Å². The summed E-state index contributed by atoms with van der Waals surface area (Å²) in [5.74, 6) is -5.44. The van der Waals surface area contributed by atoms with Crippen molar-refractivity contribution in [1.29, 1.82) is 0 Å². The molecule has 192 valence electrons. The Morgan fingerprint density at radius 3 is 2.39 bits per heavy atom. The maximum Gasteiger partial charge on any atom is 0.425 e. The van der Waals surface area contributed by atoms with Crippen LogP contribution in [0.1, 0.15) is 23.7 Å². The third-order valence-corrected chi connectivity index (χ3v) is 5.55. The summed E-state index contributed by atoms with van der Waals surface area (Å²) < 4.78 is 89.6. The van der Waals surface area contributed by atoms with Crippen molar-refractivity contribution in [2.24, 2.45) is 0 Å². The van der Waals surface area contributed by atoms with Gasteiger partial charge in [0.2, 0.25) is 5.95 Å². The molecule has 0 bridgehead atoms. The van der Waals surface area contributed by atoms with E-state index in [1.807, 2.05) is 5.32 Å². The Morgan fingerprint density at radius 2 is 1.78 bits per heavy atom. The topological polar surface area (TPSA) is 81.4 Å². The van der Waals surface area contributed by atoms with E-state index in [0.29, 0.717) is 43.2 Å². The molecular formula is C22H19F6N5O3. The second-order valence-electron chi connectivity index (χ2n) is 8.07. The number of hydrogen-bond donors (Lipinski definition) is 1. The molecule has 1 amide bonds. The van der Waals surface area contributed by atoms with Crippen molar-refractivity contribution in [2.45, 2.75) is 32.2 Å². The molecular weight excluding hydrogens is 496 g/mol. The number of halogens is 6. The van der Waals surface area contributed by atoms with Gasteiger partial charge in [-0.15, -0.1) is 5.10 Å². The van der Waals surface area contributed by atoms with Crippen LogP contribution in [-0.4, -0.2) is 46.1 Å². The van der Waals surface area contributed by atoms with E-state index < -0.39 is 64.0 Å². The van der Waals surface area contributed by atoms with Gasteiger partial charge in [-0.3, -0.25) is 9.36 Å². The molecule has 2 heterocycles. The molecule has 2 aromatic carbocycles. The number of aromatic nitrogens is 3. The molecule has 1 aromatic heterocycles. The normalized spacial score (nSPS) is 14.4. The van der Waals surface area contributed by atoms with Gasteiger partial charge >= 0.3 is 11.9 Å². The van der Waals surface area contributed by atoms with Crippen LogP contribution in [0, 0.1) is 17.5 Å². The quantitative estimate of drug-likeness (QED) is 0.522. The maximum absolute atomic E-state index is 15.2. The standard InChI is InChI=1S/C22H19F6N5O3/c1-11(22(26,27)28)36-17-10-16(33-21(35)32-8-4-7-31(2)20(32)30-33)15(25)9-12(17)19(34)29-18-13(23)5-3-6-14(18)24/h3,5-6,9-11H,4,7-8H2,1-2H3,(H,29,34)/t11-/m0/s1. The summed E-state index contributed by atoms with van der Waals surface area (Å²) >= 11 is 0. The molecule has 8 nitrogen and oxygen atoms in total. The summed E-state index contributed by atoms with van der Waals surface area (Å²) in [6.45, 7) is 1.52. The van der Waals surface area contributed by atoms with Gasteiger partial charge in [-0.25, -0.2) is 18.0 Å². The molecule has 1 aliphatic rings. The van der Waals surface area contributed by atoms with Crippen molar-refractivity contribution in [3.05, 3.63) is 63.8 Å². The second kappa shape index (κ2) is 9.24. The number of alkyl halides is 3. The highest BCUT2D eigenvalue weighted by atomic mass is 19.4. The van der Waals surface area contributed by atoms with E-state index in [1.165, 1.54) is 4.57 Å². The Kier molecular flexibility index (Phi) is 6.45. The van der Waals surface area contributed by atoms with Crippen LogP contribution in [0.4, 0.5) is 38.0 Å². The number of carbonyl (C=O) groups excluding carboxylic acids is 1. The first-order chi connectivity index (χ1) is 16.9. The molecule has 36 heavy (non-hydrogen) atoms. The van der Waals surface area contributed by atoms with Gasteiger partial charge in [0, 0.05) is 26.2 Å². The molecule has 4 rings (SSSR count). The van der Waals surface area contributed by atoms with Gasteiger partial charge in [-0.05, 0) is 31.5 Å². The van der Waals surface area contributed by atoms with Gasteiger partial charge in [-0.2, -0.15) is 17.9 Å². The number of rotatable bonds is 5. The van der Waals surface area contributed by atoms with E-state index in [0.717, 1.165) is 18.2 Å². The number of benzene rings is 2. The smallest absolute Gasteiger partial charge is 0.425 e. The second-order valence-corrected chi connectivity index (χ2v) is 8.07. The lowest BCUT2D eigenvalue weighted by molar-refractivity contribution is -0.189. The van der Waals surface area contributed by atoms with Gasteiger partial charge in [0.25, 0.3) is 5.91 Å². The maximum atomic E-state index is 15.2. The molecule has 1 aliphatic heterocycles. The summed E-state index contributed by atoms with van der Waals surface area (Å²) in [4.78, 5) is 27.2. The molecule has 0 spiro atoms. The minimum atomic E-state index is -4.87. The molecule has 0 saturated carbocycles. The number of carbonyl (C=O) groups is 1. The minimum Gasteiger partial charge on any atom is -0.480 e. The molecule has 0 fully saturated rings. The predicted octanol–water partition coefficient (Wildman–Crippen LogP) is 3.87. The number of ether oxygens (including phenoxy) is 1. The molecule has 1 N–H and O–H groups in total. The van der Waals surface area contributed by atoms with Crippen LogP contribution < -0.4 is 20.6 Å². The zero-order valence-electron chi connectivity index (χ0n) is 18.9. The molecule has 0 saturated heterocycles. The number of anilines is 2. The van der Waals surface area contributed by atoms with Crippen LogP contribution >= 0.6 is 0 Å².